The molecule has 2 N–H and O–H groups in total. The summed E-state index contributed by atoms with van der Waals surface area (Å²) in [5, 5.41) is 10.8. The predicted octanol–water partition coefficient (Wildman–Crippen LogP) is 1.41. The van der Waals surface area contributed by atoms with Crippen molar-refractivity contribution in [2.75, 3.05) is 13.1 Å². The highest BCUT2D eigenvalue weighted by molar-refractivity contribution is 7.89. The van der Waals surface area contributed by atoms with E-state index in [1.165, 1.54) is 29.4 Å². The minimum Gasteiger partial charge on any atom is -0.329 e. The largest absolute Gasteiger partial charge is 0.329 e. The number of hydrogen-bond donors (Lipinski definition) is 1. The first-order valence-corrected chi connectivity index (χ1v) is 8.29. The van der Waals surface area contributed by atoms with Gasteiger partial charge in [0.2, 0.25) is 10.0 Å². The third-order valence-electron chi connectivity index (χ3n) is 3.82. The van der Waals surface area contributed by atoms with Crippen molar-refractivity contribution in [3.8, 4) is 0 Å². The molecule has 1 heterocycles. The molecule has 21 heavy (non-hydrogen) atoms. The Hall–Kier alpha value is -1.51. The predicted molar refractivity (Wildman–Crippen MR) is 78.4 cm³/mol. The Labute approximate surface area is 123 Å². The summed E-state index contributed by atoms with van der Waals surface area (Å²) in [5.41, 5.74) is 5.92. The molecule has 1 unspecified atom stereocenters. The van der Waals surface area contributed by atoms with Gasteiger partial charge in [0.25, 0.3) is 5.69 Å². The van der Waals surface area contributed by atoms with Crippen LogP contribution in [0.4, 0.5) is 5.69 Å². The smallest absolute Gasteiger partial charge is 0.272 e. The van der Waals surface area contributed by atoms with E-state index < -0.39 is 14.9 Å². The quantitative estimate of drug-likeness (QED) is 0.668. The van der Waals surface area contributed by atoms with Crippen LogP contribution in [0.1, 0.15) is 24.8 Å². The van der Waals surface area contributed by atoms with Crippen molar-refractivity contribution in [1.29, 1.82) is 0 Å². The van der Waals surface area contributed by atoms with Crippen LogP contribution in [0, 0.1) is 17.0 Å². The lowest BCUT2D eigenvalue weighted by atomic mass is 10.1. The van der Waals surface area contributed by atoms with Gasteiger partial charge >= 0.3 is 0 Å². The fourth-order valence-corrected chi connectivity index (χ4v) is 4.44. The Morgan fingerprint density at radius 3 is 2.71 bits per heavy atom. The monoisotopic (exact) mass is 313 g/mol. The summed E-state index contributed by atoms with van der Waals surface area (Å²) in [6, 6.07) is 3.70. The molecule has 0 radical (unpaired) electrons. The van der Waals surface area contributed by atoms with Crippen molar-refractivity contribution < 1.29 is 13.3 Å². The summed E-state index contributed by atoms with van der Waals surface area (Å²) in [6.45, 7) is 2.26. The average molecular weight is 313 g/mol. The Kier molecular flexibility index (Phi) is 4.60. The molecule has 0 bridgehead atoms. The number of nitrogens with zero attached hydrogens (tertiary/aromatic N) is 2. The number of piperidine rings is 1. The van der Waals surface area contributed by atoms with Gasteiger partial charge in [0.05, 0.1) is 9.82 Å². The highest BCUT2D eigenvalue weighted by Crippen LogP contribution is 2.27. The van der Waals surface area contributed by atoms with Gasteiger partial charge < -0.3 is 5.73 Å². The number of nitro benzene ring substituents is 1. The number of nitrogens with two attached hydrogens (primary N) is 1. The standard InChI is InChI=1S/C13H19N3O4S/c1-10-8-12(5-6-13(10)16(17)18)21(19,20)15-7-3-2-4-11(15)9-14/h5-6,8,11H,2-4,7,9,14H2,1H3. The maximum atomic E-state index is 12.7. The van der Waals surface area contributed by atoms with Crippen molar-refractivity contribution >= 4 is 15.7 Å². The molecule has 1 aromatic carbocycles. The number of sulfonamides is 1. The molecule has 1 aliphatic heterocycles. The van der Waals surface area contributed by atoms with Crippen molar-refractivity contribution in [1.82, 2.24) is 4.31 Å². The van der Waals surface area contributed by atoms with Gasteiger partial charge in [-0.1, -0.05) is 6.42 Å². The second-order valence-electron chi connectivity index (χ2n) is 5.21. The molecule has 1 saturated heterocycles. The minimum absolute atomic E-state index is 0.0806. The van der Waals surface area contributed by atoms with Crippen LogP contribution in [-0.4, -0.2) is 36.8 Å². The van der Waals surface area contributed by atoms with Crippen LogP contribution >= 0.6 is 0 Å². The van der Waals surface area contributed by atoms with Gasteiger partial charge in [-0.3, -0.25) is 10.1 Å². The van der Waals surface area contributed by atoms with E-state index in [1.807, 2.05) is 0 Å². The molecule has 0 aromatic heterocycles. The Balaban J connectivity index is 2.39. The van der Waals surface area contributed by atoms with E-state index in [4.69, 9.17) is 5.73 Å². The summed E-state index contributed by atoms with van der Waals surface area (Å²) in [6.07, 6.45) is 2.52. The van der Waals surface area contributed by atoms with Gasteiger partial charge in [-0.05, 0) is 31.9 Å². The van der Waals surface area contributed by atoms with E-state index in [9.17, 15) is 18.5 Å². The van der Waals surface area contributed by atoms with Gasteiger partial charge in [-0.15, -0.1) is 0 Å². The van der Waals surface area contributed by atoms with Gasteiger partial charge in [0, 0.05) is 30.8 Å². The van der Waals surface area contributed by atoms with Gasteiger partial charge in [-0.25, -0.2) is 8.42 Å². The molecule has 0 aliphatic carbocycles. The summed E-state index contributed by atoms with van der Waals surface area (Å²) in [7, 11) is -3.66. The third-order valence-corrected chi connectivity index (χ3v) is 5.76. The molecule has 1 aliphatic rings. The first-order valence-electron chi connectivity index (χ1n) is 6.85. The van der Waals surface area contributed by atoms with Gasteiger partial charge in [0.1, 0.15) is 0 Å². The lowest BCUT2D eigenvalue weighted by Crippen LogP contribution is -2.47. The fraction of sp³-hybridized carbons (Fsp3) is 0.538. The maximum absolute atomic E-state index is 12.7. The zero-order valence-corrected chi connectivity index (χ0v) is 12.7. The molecular formula is C13H19N3O4S. The van der Waals surface area contributed by atoms with Gasteiger partial charge in [-0.2, -0.15) is 4.31 Å². The van der Waals surface area contributed by atoms with E-state index >= 15 is 0 Å². The highest BCUT2D eigenvalue weighted by atomic mass is 32.2. The Bertz CT molecular complexity index is 645. The number of aryl methyl sites for hydroxylation is 1. The first kappa shape index (κ1) is 15.9. The summed E-state index contributed by atoms with van der Waals surface area (Å²) in [5.74, 6) is 0. The van der Waals surface area contributed by atoms with Gasteiger partial charge in [0.15, 0.2) is 0 Å². The number of benzene rings is 1. The molecule has 0 spiro atoms. The molecule has 116 valence electrons. The lowest BCUT2D eigenvalue weighted by molar-refractivity contribution is -0.385. The molecule has 7 nitrogen and oxygen atoms in total. The number of nitro groups is 1. The van der Waals surface area contributed by atoms with E-state index in [1.54, 1.807) is 0 Å². The summed E-state index contributed by atoms with van der Waals surface area (Å²) < 4.78 is 26.8. The van der Waals surface area contributed by atoms with E-state index in [2.05, 4.69) is 0 Å². The van der Waals surface area contributed by atoms with Crippen LogP contribution in [0.5, 0.6) is 0 Å². The average Bonchev–Trinajstić information content (AvgIpc) is 2.46. The molecule has 0 saturated carbocycles. The van der Waals surface area contributed by atoms with E-state index in [-0.39, 0.29) is 23.2 Å². The van der Waals surface area contributed by atoms with Crippen molar-refractivity contribution in [3.05, 3.63) is 33.9 Å². The zero-order chi connectivity index (χ0) is 15.6. The number of rotatable bonds is 4. The molecule has 1 atom stereocenters. The van der Waals surface area contributed by atoms with E-state index in [0.717, 1.165) is 19.3 Å². The van der Waals surface area contributed by atoms with Crippen LogP contribution in [0.2, 0.25) is 0 Å². The topological polar surface area (TPSA) is 107 Å². The second kappa shape index (κ2) is 6.08. The van der Waals surface area contributed by atoms with Crippen molar-refractivity contribution in [2.45, 2.75) is 37.1 Å². The van der Waals surface area contributed by atoms with Crippen LogP contribution in [-0.2, 0) is 10.0 Å². The summed E-state index contributed by atoms with van der Waals surface area (Å²) >= 11 is 0. The second-order valence-corrected chi connectivity index (χ2v) is 7.10. The van der Waals surface area contributed by atoms with Crippen molar-refractivity contribution in [2.24, 2.45) is 5.73 Å². The van der Waals surface area contributed by atoms with Crippen LogP contribution in [0.25, 0.3) is 0 Å². The molecule has 1 aromatic rings. The third kappa shape index (κ3) is 3.07. The zero-order valence-electron chi connectivity index (χ0n) is 11.9. The molecule has 1 fully saturated rings. The summed E-state index contributed by atoms with van der Waals surface area (Å²) in [4.78, 5) is 10.4. The van der Waals surface area contributed by atoms with Crippen LogP contribution in [0.3, 0.4) is 0 Å². The normalized spacial score (nSPS) is 20.4. The van der Waals surface area contributed by atoms with Crippen LogP contribution in [0.15, 0.2) is 23.1 Å². The highest BCUT2D eigenvalue weighted by Gasteiger charge is 2.33. The maximum Gasteiger partial charge on any atom is 0.272 e. The SMILES string of the molecule is Cc1cc(S(=O)(=O)N2CCCCC2CN)ccc1[N+](=O)[O-]. The first-order chi connectivity index (χ1) is 9.87. The van der Waals surface area contributed by atoms with Crippen molar-refractivity contribution in [3.63, 3.8) is 0 Å². The fourth-order valence-electron chi connectivity index (χ4n) is 2.65. The molecular weight excluding hydrogens is 294 g/mol. The Morgan fingerprint density at radius 1 is 1.43 bits per heavy atom. The number of hydrogen-bond acceptors (Lipinski definition) is 5. The minimum atomic E-state index is -3.66. The molecule has 8 heteroatoms. The molecule has 0 amide bonds. The Morgan fingerprint density at radius 2 is 2.14 bits per heavy atom. The molecule has 2 rings (SSSR count). The lowest BCUT2D eigenvalue weighted by Gasteiger charge is -2.33. The van der Waals surface area contributed by atoms with Crippen LogP contribution < -0.4 is 5.73 Å². The van der Waals surface area contributed by atoms with E-state index in [0.29, 0.717) is 12.1 Å².